The smallest absolute Gasteiger partial charge is 0.169 e. The molecular formula is C25H32NO4+. The van der Waals surface area contributed by atoms with Crippen molar-refractivity contribution in [2.24, 2.45) is 11.8 Å². The number of aliphatic hydroxyl groups is 1. The van der Waals surface area contributed by atoms with Gasteiger partial charge in [0, 0.05) is 24.0 Å². The molecule has 2 aliphatic rings. The van der Waals surface area contributed by atoms with Crippen LogP contribution < -0.4 is 9.47 Å². The maximum absolute atomic E-state index is 13.1. The molecule has 0 amide bonds. The topological polar surface area (TPSA) is 55.8 Å². The van der Waals surface area contributed by atoms with E-state index in [2.05, 4.69) is 31.3 Å². The normalized spacial score (nSPS) is 26.9. The van der Waals surface area contributed by atoms with Gasteiger partial charge in [0.1, 0.15) is 6.54 Å². The molecule has 30 heavy (non-hydrogen) atoms. The van der Waals surface area contributed by atoms with Gasteiger partial charge in [0.2, 0.25) is 0 Å². The minimum absolute atomic E-state index is 0.0329. The van der Waals surface area contributed by atoms with E-state index in [1.165, 1.54) is 5.56 Å². The average Bonchev–Trinajstić information content (AvgIpc) is 3.08. The molecule has 0 bridgehead atoms. The van der Waals surface area contributed by atoms with Crippen LogP contribution in [0.2, 0.25) is 0 Å². The van der Waals surface area contributed by atoms with Crippen molar-refractivity contribution in [3.63, 3.8) is 0 Å². The summed E-state index contributed by atoms with van der Waals surface area (Å²) in [5, 5.41) is 11.1. The monoisotopic (exact) mass is 410 g/mol. The van der Waals surface area contributed by atoms with Crippen molar-refractivity contribution < 1.29 is 23.9 Å². The number of piperidine rings is 1. The molecule has 5 heteroatoms. The minimum atomic E-state index is -0.604. The Morgan fingerprint density at radius 3 is 2.33 bits per heavy atom. The van der Waals surface area contributed by atoms with Crippen LogP contribution in [0.3, 0.4) is 0 Å². The fourth-order valence-corrected chi connectivity index (χ4v) is 5.19. The highest BCUT2D eigenvalue weighted by molar-refractivity contribution is 6.03. The first-order valence-corrected chi connectivity index (χ1v) is 10.8. The van der Waals surface area contributed by atoms with E-state index in [1.54, 1.807) is 20.3 Å². The van der Waals surface area contributed by atoms with E-state index in [0.717, 1.165) is 42.5 Å². The molecule has 0 spiro atoms. The third-order valence-electron chi connectivity index (χ3n) is 7.03. The van der Waals surface area contributed by atoms with Gasteiger partial charge in [-0.2, -0.15) is 0 Å². The van der Waals surface area contributed by atoms with Gasteiger partial charge in [0.25, 0.3) is 0 Å². The number of fused-ring (bicyclic) bond motifs is 1. The molecular weight excluding hydrogens is 378 g/mol. The molecule has 0 unspecified atom stereocenters. The Labute approximate surface area is 178 Å². The summed E-state index contributed by atoms with van der Waals surface area (Å²) in [7, 11) is 5.47. The summed E-state index contributed by atoms with van der Waals surface area (Å²) < 4.78 is 11.7. The number of nitrogens with zero attached hydrogens (tertiary/aromatic N) is 1. The Morgan fingerprint density at radius 1 is 1.07 bits per heavy atom. The number of hydrogen-bond acceptors (Lipinski definition) is 4. The molecule has 2 aromatic rings. The SMILES string of the molecule is COc1cc2c(cc1OC)C(=O)[C@@H]([C@@H](O)C1CC[N+](C)(Cc3ccccc3)CC1)C2. The second-order valence-electron chi connectivity index (χ2n) is 9.08. The number of ketones is 1. The van der Waals surface area contributed by atoms with Gasteiger partial charge in [0.05, 0.1) is 46.4 Å². The van der Waals surface area contributed by atoms with Gasteiger partial charge in [-0.1, -0.05) is 30.3 Å². The Bertz CT molecular complexity index is 903. The van der Waals surface area contributed by atoms with Crippen LogP contribution in [0.5, 0.6) is 11.5 Å². The van der Waals surface area contributed by atoms with Crippen molar-refractivity contribution in [1.82, 2.24) is 0 Å². The number of aliphatic hydroxyl groups excluding tert-OH is 1. The van der Waals surface area contributed by atoms with Crippen molar-refractivity contribution in [3.8, 4) is 11.5 Å². The van der Waals surface area contributed by atoms with Crippen LogP contribution >= 0.6 is 0 Å². The summed E-state index contributed by atoms with van der Waals surface area (Å²) in [6.45, 7) is 3.05. The van der Waals surface area contributed by atoms with Crippen molar-refractivity contribution in [1.29, 1.82) is 0 Å². The minimum Gasteiger partial charge on any atom is -0.493 e. The standard InChI is InChI=1S/C25H32NO4/c1-26(16-17-7-5-4-6-8-17)11-9-18(10-12-26)24(27)21-13-19-14-22(29-2)23(30-3)15-20(19)25(21)28/h4-8,14-15,18,21,24,27H,9-13,16H2,1-3H3/q+1/t18?,21-,24+,26?/m1/s1. The predicted molar refractivity (Wildman–Crippen MR) is 116 cm³/mol. The first-order valence-electron chi connectivity index (χ1n) is 10.8. The van der Waals surface area contributed by atoms with Crippen molar-refractivity contribution in [2.45, 2.75) is 31.9 Å². The van der Waals surface area contributed by atoms with Crippen LogP contribution in [0.15, 0.2) is 42.5 Å². The third kappa shape index (κ3) is 3.96. The Balaban J connectivity index is 1.42. The van der Waals surface area contributed by atoms with Gasteiger partial charge in [0.15, 0.2) is 17.3 Å². The molecule has 2 aromatic carbocycles. The van der Waals surface area contributed by atoms with Crippen LogP contribution in [0.1, 0.15) is 34.3 Å². The quantitative estimate of drug-likeness (QED) is 0.741. The van der Waals surface area contributed by atoms with Crippen LogP contribution in [0, 0.1) is 11.8 Å². The number of Topliss-reactive ketones (excluding diaryl/α,β-unsaturated/α-hetero) is 1. The second-order valence-corrected chi connectivity index (χ2v) is 9.08. The molecule has 1 fully saturated rings. The zero-order valence-electron chi connectivity index (χ0n) is 18.1. The highest BCUT2D eigenvalue weighted by atomic mass is 16.5. The van der Waals surface area contributed by atoms with Crippen molar-refractivity contribution >= 4 is 5.78 Å². The van der Waals surface area contributed by atoms with Gasteiger partial charge in [-0.05, 0) is 30.0 Å². The lowest BCUT2D eigenvalue weighted by Gasteiger charge is -2.42. The van der Waals surface area contributed by atoms with E-state index >= 15 is 0 Å². The Morgan fingerprint density at radius 2 is 1.70 bits per heavy atom. The summed E-state index contributed by atoms with van der Waals surface area (Å²) in [6.07, 6.45) is 1.85. The lowest BCUT2D eigenvalue weighted by atomic mass is 9.82. The summed E-state index contributed by atoms with van der Waals surface area (Å²) in [5.74, 6) is 1.02. The molecule has 2 atom stereocenters. The molecule has 1 aliphatic carbocycles. The van der Waals surface area contributed by atoms with Crippen LogP contribution in [-0.4, -0.2) is 55.8 Å². The zero-order valence-corrected chi connectivity index (χ0v) is 18.1. The highest BCUT2D eigenvalue weighted by Gasteiger charge is 2.42. The van der Waals surface area contributed by atoms with Crippen LogP contribution in [0.25, 0.3) is 0 Å². The number of benzene rings is 2. The number of carbonyl (C=O) groups excluding carboxylic acids is 1. The van der Waals surface area contributed by atoms with Crippen LogP contribution in [-0.2, 0) is 13.0 Å². The van der Waals surface area contributed by atoms with Gasteiger partial charge in [-0.3, -0.25) is 4.79 Å². The number of quaternary nitrogens is 1. The molecule has 0 radical (unpaired) electrons. The molecule has 0 saturated carbocycles. The van der Waals surface area contributed by atoms with Crippen LogP contribution in [0.4, 0.5) is 0 Å². The summed E-state index contributed by atoms with van der Waals surface area (Å²) in [4.78, 5) is 13.1. The lowest BCUT2D eigenvalue weighted by Crippen LogP contribution is -2.51. The molecule has 4 rings (SSSR count). The number of methoxy groups -OCH3 is 2. The maximum atomic E-state index is 13.1. The molecule has 1 saturated heterocycles. The Hall–Kier alpha value is -2.37. The number of ether oxygens (including phenoxy) is 2. The Kier molecular flexibility index (Phi) is 5.85. The van der Waals surface area contributed by atoms with E-state index in [9.17, 15) is 9.90 Å². The first-order chi connectivity index (χ1) is 14.4. The predicted octanol–water partition coefficient (Wildman–Crippen LogP) is 3.48. The molecule has 0 aromatic heterocycles. The maximum Gasteiger partial charge on any atom is 0.169 e. The average molecular weight is 411 g/mol. The van der Waals surface area contributed by atoms with Gasteiger partial charge >= 0.3 is 0 Å². The fraction of sp³-hybridized carbons (Fsp3) is 0.480. The summed E-state index contributed by atoms with van der Waals surface area (Å²) in [5.41, 5.74) is 2.96. The van der Waals surface area contributed by atoms with Gasteiger partial charge < -0.3 is 19.1 Å². The van der Waals surface area contributed by atoms with Gasteiger partial charge in [-0.15, -0.1) is 0 Å². The van der Waals surface area contributed by atoms with E-state index in [1.807, 2.05) is 12.1 Å². The molecule has 1 heterocycles. The van der Waals surface area contributed by atoms with E-state index < -0.39 is 6.10 Å². The lowest BCUT2D eigenvalue weighted by molar-refractivity contribution is -0.928. The largest absolute Gasteiger partial charge is 0.493 e. The third-order valence-corrected chi connectivity index (χ3v) is 7.03. The number of rotatable bonds is 6. The molecule has 1 N–H and O–H groups in total. The summed E-state index contributed by atoms with van der Waals surface area (Å²) >= 11 is 0. The van der Waals surface area contributed by atoms with Gasteiger partial charge in [-0.25, -0.2) is 0 Å². The van der Waals surface area contributed by atoms with E-state index in [0.29, 0.717) is 23.5 Å². The number of hydrogen-bond donors (Lipinski definition) is 1. The zero-order chi connectivity index (χ0) is 21.3. The fourth-order valence-electron chi connectivity index (χ4n) is 5.19. The van der Waals surface area contributed by atoms with E-state index in [4.69, 9.17) is 9.47 Å². The number of likely N-dealkylation sites (tertiary alicyclic amines) is 1. The first kappa shape index (κ1) is 20.9. The molecule has 160 valence electrons. The second kappa shape index (κ2) is 8.40. The number of carbonyl (C=O) groups is 1. The highest BCUT2D eigenvalue weighted by Crippen LogP contribution is 2.40. The summed E-state index contributed by atoms with van der Waals surface area (Å²) in [6, 6.07) is 14.2. The van der Waals surface area contributed by atoms with Crippen molar-refractivity contribution in [2.75, 3.05) is 34.4 Å². The van der Waals surface area contributed by atoms with E-state index in [-0.39, 0.29) is 17.6 Å². The van der Waals surface area contributed by atoms with Crippen molar-refractivity contribution in [3.05, 3.63) is 59.2 Å². The molecule has 5 nitrogen and oxygen atoms in total. The molecule has 1 aliphatic heterocycles.